The monoisotopic (exact) mass is 266 g/mol. The van der Waals surface area contributed by atoms with Gasteiger partial charge < -0.3 is 15.0 Å². The van der Waals surface area contributed by atoms with Crippen molar-refractivity contribution < 1.29 is 14.3 Å². The molecule has 1 saturated heterocycles. The minimum atomic E-state index is -0.426. The van der Waals surface area contributed by atoms with Gasteiger partial charge in [-0.05, 0) is 19.8 Å². The summed E-state index contributed by atoms with van der Waals surface area (Å²) < 4.78 is 6.28. The Balaban J connectivity index is 1.90. The molecule has 1 aliphatic rings. The molecule has 2 heterocycles. The van der Waals surface area contributed by atoms with Gasteiger partial charge in [-0.3, -0.25) is 4.57 Å². The van der Waals surface area contributed by atoms with Crippen LogP contribution in [0.1, 0.15) is 19.8 Å². The average molecular weight is 266 g/mol. The van der Waals surface area contributed by atoms with Gasteiger partial charge in [-0.25, -0.2) is 14.6 Å². The van der Waals surface area contributed by atoms with Gasteiger partial charge in [-0.1, -0.05) is 0 Å². The molecule has 0 spiro atoms. The molecule has 1 N–H and O–H groups in total. The molecule has 1 aliphatic heterocycles. The summed E-state index contributed by atoms with van der Waals surface area (Å²) in [6.45, 7) is 3.29. The van der Waals surface area contributed by atoms with Crippen molar-refractivity contribution >= 4 is 12.1 Å². The van der Waals surface area contributed by atoms with Gasteiger partial charge in [-0.15, -0.1) is 0 Å². The molecule has 19 heavy (non-hydrogen) atoms. The highest BCUT2D eigenvalue weighted by atomic mass is 16.5. The number of piperidine rings is 1. The van der Waals surface area contributed by atoms with E-state index >= 15 is 0 Å². The lowest BCUT2D eigenvalue weighted by Crippen LogP contribution is -2.50. The molecule has 1 aromatic rings. The topological polar surface area (TPSA) is 76.5 Å². The Kier molecular flexibility index (Phi) is 4.38. The van der Waals surface area contributed by atoms with Crippen LogP contribution in [0.2, 0.25) is 0 Å². The summed E-state index contributed by atoms with van der Waals surface area (Å²) in [5, 5.41) is 2.77. The van der Waals surface area contributed by atoms with E-state index in [1.54, 1.807) is 24.2 Å². The Bertz CT molecular complexity index is 432. The highest BCUT2D eigenvalue weighted by Crippen LogP contribution is 2.11. The van der Waals surface area contributed by atoms with Gasteiger partial charge in [0.1, 0.15) is 6.33 Å². The summed E-state index contributed by atoms with van der Waals surface area (Å²) in [5.74, 6) is 0. The van der Waals surface area contributed by atoms with E-state index in [2.05, 4.69) is 10.3 Å². The number of nitrogens with zero attached hydrogens (tertiary/aromatic N) is 3. The van der Waals surface area contributed by atoms with Crippen LogP contribution in [0.5, 0.6) is 0 Å². The van der Waals surface area contributed by atoms with Gasteiger partial charge in [-0.2, -0.15) is 0 Å². The van der Waals surface area contributed by atoms with Gasteiger partial charge in [0.15, 0.2) is 0 Å². The lowest BCUT2D eigenvalue weighted by atomic mass is 10.1. The van der Waals surface area contributed by atoms with Crippen LogP contribution in [0, 0.1) is 0 Å². The van der Waals surface area contributed by atoms with Crippen LogP contribution >= 0.6 is 0 Å². The first kappa shape index (κ1) is 13.4. The number of rotatable bonds is 2. The molecule has 7 heteroatoms. The standard InChI is InChI=1S/C12H18N4O3/c1-2-19-11(17)14-10-4-3-6-15(8-10)12(18)16-7-5-13-9-16/h5,7,9-10H,2-4,6,8H2,1H3,(H,14,17). The van der Waals surface area contributed by atoms with Crippen molar-refractivity contribution in [2.45, 2.75) is 25.8 Å². The van der Waals surface area contributed by atoms with Gasteiger partial charge in [0.25, 0.3) is 0 Å². The molecule has 0 bridgehead atoms. The number of alkyl carbamates (subject to hydrolysis) is 1. The third-order valence-electron chi connectivity index (χ3n) is 3.01. The van der Waals surface area contributed by atoms with E-state index in [0.29, 0.717) is 19.7 Å². The van der Waals surface area contributed by atoms with Crippen LogP contribution < -0.4 is 5.32 Å². The highest BCUT2D eigenvalue weighted by molar-refractivity contribution is 5.77. The zero-order valence-corrected chi connectivity index (χ0v) is 10.9. The Labute approximate surface area is 111 Å². The minimum Gasteiger partial charge on any atom is -0.450 e. The minimum absolute atomic E-state index is 0.0553. The molecule has 1 atom stereocenters. The number of likely N-dealkylation sites (tertiary alicyclic amines) is 1. The second-order valence-electron chi connectivity index (χ2n) is 4.40. The summed E-state index contributed by atoms with van der Waals surface area (Å²) in [5.41, 5.74) is 0. The quantitative estimate of drug-likeness (QED) is 0.868. The van der Waals surface area contributed by atoms with Crippen molar-refractivity contribution in [3.05, 3.63) is 18.7 Å². The van der Waals surface area contributed by atoms with E-state index in [9.17, 15) is 9.59 Å². The lowest BCUT2D eigenvalue weighted by Gasteiger charge is -2.32. The van der Waals surface area contributed by atoms with Crippen molar-refractivity contribution in [1.82, 2.24) is 19.8 Å². The molecular weight excluding hydrogens is 248 g/mol. The molecule has 0 radical (unpaired) electrons. The van der Waals surface area contributed by atoms with E-state index < -0.39 is 6.09 Å². The Morgan fingerprint density at radius 2 is 2.37 bits per heavy atom. The second kappa shape index (κ2) is 6.21. The fourth-order valence-electron chi connectivity index (χ4n) is 2.14. The van der Waals surface area contributed by atoms with E-state index in [0.717, 1.165) is 12.8 Å². The van der Waals surface area contributed by atoms with Gasteiger partial charge in [0.05, 0.1) is 6.61 Å². The van der Waals surface area contributed by atoms with Gasteiger partial charge in [0, 0.05) is 31.5 Å². The zero-order valence-electron chi connectivity index (χ0n) is 10.9. The molecular formula is C12H18N4O3. The first-order valence-electron chi connectivity index (χ1n) is 6.41. The first-order valence-corrected chi connectivity index (χ1v) is 6.41. The number of nitrogens with one attached hydrogen (secondary N) is 1. The largest absolute Gasteiger partial charge is 0.450 e. The van der Waals surface area contributed by atoms with Crippen LogP contribution in [0.3, 0.4) is 0 Å². The maximum Gasteiger partial charge on any atom is 0.407 e. The predicted octanol–water partition coefficient (Wildman–Crippen LogP) is 1.06. The lowest BCUT2D eigenvalue weighted by molar-refractivity contribution is 0.136. The fraction of sp³-hybridized carbons (Fsp3) is 0.583. The van der Waals surface area contributed by atoms with Crippen LogP contribution in [-0.2, 0) is 4.74 Å². The Hall–Kier alpha value is -2.05. The molecule has 1 aromatic heterocycles. The maximum absolute atomic E-state index is 12.1. The van der Waals surface area contributed by atoms with E-state index in [1.165, 1.54) is 10.9 Å². The zero-order chi connectivity index (χ0) is 13.7. The van der Waals surface area contributed by atoms with Gasteiger partial charge >= 0.3 is 12.1 Å². The second-order valence-corrected chi connectivity index (χ2v) is 4.40. The smallest absolute Gasteiger partial charge is 0.407 e. The van der Waals surface area contributed by atoms with Crippen LogP contribution in [0.25, 0.3) is 0 Å². The molecule has 0 aliphatic carbocycles. The van der Waals surface area contributed by atoms with Crippen LogP contribution in [-0.4, -0.2) is 52.3 Å². The number of amides is 2. The highest BCUT2D eigenvalue weighted by Gasteiger charge is 2.25. The molecule has 0 aromatic carbocycles. The van der Waals surface area contributed by atoms with Crippen molar-refractivity contribution in [3.8, 4) is 0 Å². The van der Waals surface area contributed by atoms with Crippen LogP contribution in [0.4, 0.5) is 9.59 Å². The predicted molar refractivity (Wildman–Crippen MR) is 67.8 cm³/mol. The van der Waals surface area contributed by atoms with Crippen LogP contribution in [0.15, 0.2) is 18.7 Å². The van der Waals surface area contributed by atoms with Crippen molar-refractivity contribution in [1.29, 1.82) is 0 Å². The molecule has 1 fully saturated rings. The number of carbonyl (C=O) groups is 2. The normalized spacial score (nSPS) is 19.0. The Morgan fingerprint density at radius 3 is 3.05 bits per heavy atom. The number of imidazole rings is 1. The molecule has 104 valence electrons. The van der Waals surface area contributed by atoms with Crippen molar-refractivity contribution in [3.63, 3.8) is 0 Å². The average Bonchev–Trinajstić information content (AvgIpc) is 2.92. The SMILES string of the molecule is CCOC(=O)NC1CCCN(C(=O)n2ccnc2)C1. The van der Waals surface area contributed by atoms with Crippen molar-refractivity contribution in [2.24, 2.45) is 0 Å². The third kappa shape index (κ3) is 3.46. The number of ether oxygens (including phenoxy) is 1. The fourth-order valence-corrected chi connectivity index (χ4v) is 2.14. The number of carbonyl (C=O) groups excluding carboxylic acids is 2. The Morgan fingerprint density at radius 1 is 1.53 bits per heavy atom. The number of aromatic nitrogens is 2. The van der Waals surface area contributed by atoms with Crippen molar-refractivity contribution in [2.75, 3.05) is 19.7 Å². The summed E-state index contributed by atoms with van der Waals surface area (Å²) in [4.78, 5) is 29.1. The summed E-state index contributed by atoms with van der Waals surface area (Å²) >= 11 is 0. The first-order chi connectivity index (χ1) is 9.20. The molecule has 2 rings (SSSR count). The van der Waals surface area contributed by atoms with E-state index in [4.69, 9.17) is 4.74 Å². The van der Waals surface area contributed by atoms with E-state index in [1.807, 2.05) is 0 Å². The molecule has 1 unspecified atom stereocenters. The molecule has 7 nitrogen and oxygen atoms in total. The summed E-state index contributed by atoms with van der Waals surface area (Å²) in [6, 6.07) is -0.173. The summed E-state index contributed by atoms with van der Waals surface area (Å²) in [7, 11) is 0. The maximum atomic E-state index is 12.1. The number of hydrogen-bond donors (Lipinski definition) is 1. The third-order valence-corrected chi connectivity index (χ3v) is 3.01. The van der Waals surface area contributed by atoms with Gasteiger partial charge in [0.2, 0.25) is 0 Å². The van der Waals surface area contributed by atoms with E-state index in [-0.39, 0.29) is 12.1 Å². The molecule has 2 amide bonds. The number of hydrogen-bond acceptors (Lipinski definition) is 4. The summed E-state index contributed by atoms with van der Waals surface area (Å²) in [6.07, 6.45) is 5.94. The molecule has 0 saturated carbocycles.